The van der Waals surface area contributed by atoms with Gasteiger partial charge in [0.25, 0.3) is 0 Å². The molecule has 0 aliphatic carbocycles. The van der Waals surface area contributed by atoms with E-state index in [1.165, 1.54) is 5.56 Å². The minimum absolute atomic E-state index is 0.597. The van der Waals surface area contributed by atoms with Gasteiger partial charge in [-0.3, -0.25) is 0 Å². The predicted octanol–water partition coefficient (Wildman–Crippen LogP) is 5.55. The molecule has 1 aromatic heterocycles. The molecule has 4 rings (SSSR count). The smallest absolute Gasteiger partial charge is 0.227 e. The van der Waals surface area contributed by atoms with Gasteiger partial charge in [0.15, 0.2) is 0 Å². The number of ether oxygens (including phenoxy) is 1. The number of anilines is 2. The summed E-state index contributed by atoms with van der Waals surface area (Å²) in [5, 5.41) is 3.33. The first-order valence-corrected chi connectivity index (χ1v) is 9.44. The zero-order valence-corrected chi connectivity index (χ0v) is 15.3. The maximum atomic E-state index is 5.89. The summed E-state index contributed by atoms with van der Waals surface area (Å²) in [7, 11) is 0. The predicted molar refractivity (Wildman–Crippen MR) is 109 cm³/mol. The fourth-order valence-corrected chi connectivity index (χ4v) is 3.16. The van der Waals surface area contributed by atoms with E-state index in [-0.39, 0.29) is 0 Å². The van der Waals surface area contributed by atoms with Gasteiger partial charge in [0, 0.05) is 17.4 Å². The van der Waals surface area contributed by atoms with Crippen molar-refractivity contribution in [2.75, 3.05) is 11.9 Å². The van der Waals surface area contributed by atoms with E-state index >= 15 is 0 Å². The van der Waals surface area contributed by atoms with E-state index in [0.717, 1.165) is 48.4 Å². The number of hydrogen-bond donors (Lipinski definition) is 1. The Morgan fingerprint density at radius 3 is 2.85 bits per heavy atom. The van der Waals surface area contributed by atoms with Gasteiger partial charge in [-0.25, -0.2) is 9.97 Å². The average molecular weight is 357 g/mol. The van der Waals surface area contributed by atoms with Crippen molar-refractivity contribution in [2.45, 2.75) is 25.7 Å². The maximum Gasteiger partial charge on any atom is 0.227 e. The number of aromatic nitrogens is 2. The van der Waals surface area contributed by atoms with Crippen LogP contribution in [0.15, 0.2) is 72.9 Å². The first kappa shape index (κ1) is 17.3. The lowest BCUT2D eigenvalue weighted by Gasteiger charge is -2.10. The lowest BCUT2D eigenvalue weighted by atomic mass is 10.1. The van der Waals surface area contributed by atoms with Crippen LogP contribution in [0.5, 0.6) is 5.75 Å². The van der Waals surface area contributed by atoms with Gasteiger partial charge in [-0.2, -0.15) is 0 Å². The third kappa shape index (κ3) is 4.73. The van der Waals surface area contributed by atoms with Gasteiger partial charge in [-0.15, -0.1) is 0 Å². The molecule has 1 aliphatic heterocycles. The number of nitrogens with one attached hydrogen (secondary N) is 1. The van der Waals surface area contributed by atoms with E-state index in [2.05, 4.69) is 45.6 Å². The third-order valence-corrected chi connectivity index (χ3v) is 4.52. The molecular formula is C23H23N3O. The Morgan fingerprint density at radius 1 is 0.926 bits per heavy atom. The Balaban J connectivity index is 1.66. The molecule has 3 aromatic rings. The van der Waals surface area contributed by atoms with Crippen molar-refractivity contribution in [1.29, 1.82) is 0 Å². The van der Waals surface area contributed by atoms with E-state index < -0.39 is 0 Å². The SMILES string of the molecule is C1=CCCOc2cccc(c2)-c2ccnc(n2)Nc2cccc(c2)CCC1. The van der Waals surface area contributed by atoms with Crippen molar-refractivity contribution < 1.29 is 4.74 Å². The van der Waals surface area contributed by atoms with Gasteiger partial charge >= 0.3 is 0 Å². The zero-order valence-electron chi connectivity index (χ0n) is 15.3. The molecule has 1 N–H and O–H groups in total. The van der Waals surface area contributed by atoms with Gasteiger partial charge < -0.3 is 10.1 Å². The molecule has 6 bridgehead atoms. The summed E-state index contributed by atoms with van der Waals surface area (Å²) in [6.07, 6.45) is 10.4. The maximum absolute atomic E-state index is 5.89. The molecule has 136 valence electrons. The van der Waals surface area contributed by atoms with Crippen LogP contribution in [0, 0.1) is 0 Å². The summed E-state index contributed by atoms with van der Waals surface area (Å²) < 4.78 is 5.89. The van der Waals surface area contributed by atoms with Gasteiger partial charge in [0.1, 0.15) is 5.75 Å². The van der Waals surface area contributed by atoms with E-state index in [9.17, 15) is 0 Å². The van der Waals surface area contributed by atoms with E-state index in [1.807, 2.05) is 36.4 Å². The van der Waals surface area contributed by atoms with Crippen molar-refractivity contribution in [3.05, 3.63) is 78.5 Å². The summed E-state index contributed by atoms with van der Waals surface area (Å²) in [6, 6.07) is 18.4. The van der Waals surface area contributed by atoms with E-state index in [1.54, 1.807) is 6.20 Å². The number of fused-ring (bicyclic) bond motifs is 7. The Hall–Kier alpha value is -3.14. The first-order valence-electron chi connectivity index (χ1n) is 9.44. The van der Waals surface area contributed by atoms with Crippen LogP contribution in [0.2, 0.25) is 0 Å². The molecule has 0 atom stereocenters. The number of hydrogen-bond acceptors (Lipinski definition) is 4. The highest BCUT2D eigenvalue weighted by molar-refractivity contribution is 5.63. The summed E-state index contributed by atoms with van der Waals surface area (Å²) in [5.74, 6) is 1.46. The molecule has 4 nitrogen and oxygen atoms in total. The Morgan fingerprint density at radius 2 is 1.85 bits per heavy atom. The number of benzene rings is 2. The zero-order chi connectivity index (χ0) is 18.3. The monoisotopic (exact) mass is 357 g/mol. The lowest BCUT2D eigenvalue weighted by Crippen LogP contribution is -1.99. The van der Waals surface area contributed by atoms with Gasteiger partial charge in [0.05, 0.1) is 12.3 Å². The highest BCUT2D eigenvalue weighted by Crippen LogP contribution is 2.24. The van der Waals surface area contributed by atoms with Crippen molar-refractivity contribution in [3.8, 4) is 17.0 Å². The van der Waals surface area contributed by atoms with Gasteiger partial charge in [-0.05, 0) is 61.6 Å². The molecule has 1 aliphatic rings. The summed E-state index contributed by atoms with van der Waals surface area (Å²) in [4.78, 5) is 9.04. The Kier molecular flexibility index (Phi) is 5.44. The normalized spacial score (nSPS) is 14.4. The molecule has 0 saturated heterocycles. The van der Waals surface area contributed by atoms with Crippen LogP contribution in [-0.4, -0.2) is 16.6 Å². The van der Waals surface area contributed by atoms with Gasteiger partial charge in [0.2, 0.25) is 5.95 Å². The molecule has 0 fully saturated rings. The summed E-state index contributed by atoms with van der Waals surface area (Å²) in [5.41, 5.74) is 4.22. The van der Waals surface area contributed by atoms with Crippen LogP contribution in [0.25, 0.3) is 11.3 Å². The number of aryl methyl sites for hydroxylation is 1. The first-order chi connectivity index (χ1) is 13.4. The second-order valence-corrected chi connectivity index (χ2v) is 6.62. The molecule has 0 radical (unpaired) electrons. The van der Waals surface area contributed by atoms with Crippen LogP contribution in [0.1, 0.15) is 24.8 Å². The van der Waals surface area contributed by atoms with Gasteiger partial charge in [-0.1, -0.05) is 36.4 Å². The highest BCUT2D eigenvalue weighted by Gasteiger charge is 2.05. The fraction of sp³-hybridized carbons (Fsp3) is 0.217. The number of nitrogens with zero attached hydrogens (tertiary/aromatic N) is 2. The second-order valence-electron chi connectivity index (χ2n) is 6.62. The van der Waals surface area contributed by atoms with Crippen LogP contribution < -0.4 is 10.1 Å². The van der Waals surface area contributed by atoms with E-state index in [4.69, 9.17) is 4.74 Å². The lowest BCUT2D eigenvalue weighted by molar-refractivity contribution is 0.325. The molecule has 0 spiro atoms. The van der Waals surface area contributed by atoms with Crippen LogP contribution in [0.3, 0.4) is 0 Å². The largest absolute Gasteiger partial charge is 0.493 e. The van der Waals surface area contributed by atoms with Crippen molar-refractivity contribution in [2.24, 2.45) is 0 Å². The second kappa shape index (κ2) is 8.49. The Bertz CT molecular complexity index is 936. The number of allylic oxidation sites excluding steroid dienone is 1. The van der Waals surface area contributed by atoms with Crippen molar-refractivity contribution in [1.82, 2.24) is 9.97 Å². The molecule has 2 aromatic carbocycles. The van der Waals surface area contributed by atoms with Crippen LogP contribution >= 0.6 is 0 Å². The molecule has 0 amide bonds. The Labute approximate surface area is 160 Å². The van der Waals surface area contributed by atoms with Crippen molar-refractivity contribution in [3.63, 3.8) is 0 Å². The quantitative estimate of drug-likeness (QED) is 0.536. The minimum Gasteiger partial charge on any atom is -0.493 e. The molecule has 0 unspecified atom stereocenters. The standard InChI is InChI=1S/C23H23N3O/c1-2-4-8-18-9-6-11-20(16-18)25-23-24-14-13-22(26-23)19-10-7-12-21(17-19)27-15-5-3-1/h1,3,6-7,9-14,16-17H,2,4-5,8,15H2,(H,24,25,26). The van der Waals surface area contributed by atoms with E-state index in [0.29, 0.717) is 12.6 Å². The van der Waals surface area contributed by atoms with Crippen LogP contribution in [-0.2, 0) is 6.42 Å². The summed E-state index contributed by atoms with van der Waals surface area (Å²) >= 11 is 0. The molecule has 2 heterocycles. The highest BCUT2D eigenvalue weighted by atomic mass is 16.5. The molecule has 0 saturated carbocycles. The topological polar surface area (TPSA) is 47.0 Å². The third-order valence-electron chi connectivity index (χ3n) is 4.52. The van der Waals surface area contributed by atoms with Crippen LogP contribution in [0.4, 0.5) is 11.6 Å². The number of rotatable bonds is 0. The van der Waals surface area contributed by atoms with Crippen molar-refractivity contribution >= 4 is 11.6 Å². The molecule has 4 heteroatoms. The minimum atomic E-state index is 0.597. The summed E-state index contributed by atoms with van der Waals surface area (Å²) in [6.45, 7) is 0.679. The average Bonchev–Trinajstić information content (AvgIpc) is 2.70. The molecular weight excluding hydrogens is 334 g/mol. The molecule has 27 heavy (non-hydrogen) atoms. The fourth-order valence-electron chi connectivity index (χ4n) is 3.16.